The number of carbonyl (C=O) groups is 2. The van der Waals surface area contributed by atoms with Crippen molar-refractivity contribution in [3.63, 3.8) is 0 Å². The average Bonchev–Trinajstić information content (AvgIpc) is 3.60. The zero-order valence-corrected chi connectivity index (χ0v) is 23.5. The first kappa shape index (κ1) is 28.0. The highest BCUT2D eigenvalue weighted by Crippen LogP contribution is 2.30. The minimum atomic E-state index is -0.904. The molecule has 1 saturated heterocycles. The van der Waals surface area contributed by atoms with Gasteiger partial charge >= 0.3 is 12.1 Å². The van der Waals surface area contributed by atoms with Gasteiger partial charge in [-0.3, -0.25) is 0 Å². The highest BCUT2D eigenvalue weighted by Gasteiger charge is 2.32. The van der Waals surface area contributed by atoms with Crippen LogP contribution in [-0.4, -0.2) is 50.8 Å². The molecule has 214 valence electrons. The fourth-order valence-corrected chi connectivity index (χ4v) is 5.26. The van der Waals surface area contributed by atoms with E-state index < -0.39 is 24.2 Å². The van der Waals surface area contributed by atoms with Crippen LogP contribution in [0.1, 0.15) is 57.5 Å². The van der Waals surface area contributed by atoms with E-state index in [1.165, 1.54) is 0 Å². The summed E-state index contributed by atoms with van der Waals surface area (Å²) in [6.45, 7) is 7.03. The normalized spacial score (nSPS) is 15.5. The molecule has 41 heavy (non-hydrogen) atoms. The van der Waals surface area contributed by atoms with E-state index in [-0.39, 0.29) is 12.5 Å². The molecule has 0 bridgehead atoms. The Bertz CT molecular complexity index is 1550. The number of nitrogens with zero attached hydrogens (tertiary/aromatic N) is 5. The molecule has 0 saturated carbocycles. The van der Waals surface area contributed by atoms with Gasteiger partial charge in [0.1, 0.15) is 29.3 Å². The van der Waals surface area contributed by atoms with E-state index in [2.05, 4.69) is 26.4 Å². The highest BCUT2D eigenvalue weighted by molar-refractivity contribution is 6.01. The lowest BCUT2D eigenvalue weighted by atomic mass is 9.95. The molecule has 2 atom stereocenters. The van der Waals surface area contributed by atoms with E-state index in [0.717, 1.165) is 48.0 Å². The van der Waals surface area contributed by atoms with Crippen molar-refractivity contribution in [1.82, 2.24) is 24.9 Å². The molecule has 2 N–H and O–H groups in total. The van der Waals surface area contributed by atoms with Gasteiger partial charge in [0.25, 0.3) is 0 Å². The van der Waals surface area contributed by atoms with Gasteiger partial charge in [0, 0.05) is 31.1 Å². The van der Waals surface area contributed by atoms with Crippen molar-refractivity contribution in [1.29, 1.82) is 5.26 Å². The Balaban J connectivity index is 1.36. The van der Waals surface area contributed by atoms with Crippen molar-refractivity contribution < 1.29 is 19.1 Å². The number of nitrogens with one attached hydrogen (secondary N) is 2. The maximum absolute atomic E-state index is 13.4. The van der Waals surface area contributed by atoms with Gasteiger partial charge in [-0.1, -0.05) is 44.2 Å². The van der Waals surface area contributed by atoms with Crippen LogP contribution in [0.4, 0.5) is 4.79 Å². The SMILES string of the molecule is CC(C)[C@@H](NC(=O)OCc1ccccc1)C(=O)O[C@H](C)c1nc2cnc3[nH]ccc3c2n1N1CCC(CC#N)CC1. The summed E-state index contributed by atoms with van der Waals surface area (Å²) in [6.07, 6.45) is 4.45. The molecule has 0 aliphatic carbocycles. The number of esters is 1. The number of H-pyrrole nitrogens is 1. The number of aromatic amines is 1. The van der Waals surface area contributed by atoms with Crippen LogP contribution in [0.3, 0.4) is 0 Å². The van der Waals surface area contributed by atoms with Gasteiger partial charge in [0.2, 0.25) is 0 Å². The minimum absolute atomic E-state index is 0.0969. The Kier molecular flexibility index (Phi) is 8.38. The predicted molar refractivity (Wildman–Crippen MR) is 153 cm³/mol. The van der Waals surface area contributed by atoms with E-state index in [4.69, 9.17) is 19.7 Å². The van der Waals surface area contributed by atoms with Crippen molar-refractivity contribution in [3.8, 4) is 6.07 Å². The number of rotatable bonds is 9. The largest absolute Gasteiger partial charge is 0.453 e. The zero-order valence-electron chi connectivity index (χ0n) is 23.5. The number of piperidine rings is 1. The summed E-state index contributed by atoms with van der Waals surface area (Å²) in [5, 5.41) is 14.9. The summed E-state index contributed by atoms with van der Waals surface area (Å²) in [5.41, 5.74) is 3.17. The van der Waals surface area contributed by atoms with Crippen molar-refractivity contribution in [2.75, 3.05) is 18.1 Å². The number of alkyl carbamates (subject to hydrolysis) is 1. The van der Waals surface area contributed by atoms with Gasteiger partial charge < -0.3 is 24.8 Å². The number of imidazole rings is 1. The lowest BCUT2D eigenvalue weighted by Crippen LogP contribution is -2.46. The van der Waals surface area contributed by atoms with Crippen LogP contribution in [0.5, 0.6) is 0 Å². The van der Waals surface area contributed by atoms with Crippen LogP contribution in [0.25, 0.3) is 22.1 Å². The number of hydrogen-bond donors (Lipinski definition) is 2. The molecule has 5 rings (SSSR count). The second kappa shape index (κ2) is 12.3. The first-order valence-electron chi connectivity index (χ1n) is 14.0. The number of nitriles is 1. The lowest BCUT2D eigenvalue weighted by molar-refractivity contribution is -0.152. The van der Waals surface area contributed by atoms with Crippen molar-refractivity contribution in [3.05, 3.63) is 60.2 Å². The number of pyridine rings is 1. The molecule has 4 heterocycles. The maximum atomic E-state index is 13.4. The molecular formula is C30H35N7O4. The van der Waals surface area contributed by atoms with Gasteiger partial charge in [0.15, 0.2) is 11.9 Å². The number of benzene rings is 1. The van der Waals surface area contributed by atoms with E-state index in [1.54, 1.807) is 13.1 Å². The molecule has 11 nitrogen and oxygen atoms in total. The number of fused-ring (bicyclic) bond motifs is 3. The topological polar surface area (TPSA) is 138 Å². The molecule has 3 aromatic heterocycles. The molecule has 0 spiro atoms. The van der Waals surface area contributed by atoms with Gasteiger partial charge in [-0.15, -0.1) is 0 Å². The van der Waals surface area contributed by atoms with Crippen LogP contribution in [0, 0.1) is 23.2 Å². The zero-order chi connectivity index (χ0) is 28.9. The molecule has 11 heteroatoms. The molecule has 1 aromatic carbocycles. The smallest absolute Gasteiger partial charge is 0.408 e. The van der Waals surface area contributed by atoms with Gasteiger partial charge in [-0.25, -0.2) is 24.2 Å². The molecule has 4 aromatic rings. The highest BCUT2D eigenvalue weighted by atomic mass is 16.6. The predicted octanol–water partition coefficient (Wildman–Crippen LogP) is 4.73. The molecule has 1 aliphatic rings. The molecular weight excluding hydrogens is 522 g/mol. The van der Waals surface area contributed by atoms with E-state index in [9.17, 15) is 9.59 Å². The third-order valence-corrected chi connectivity index (χ3v) is 7.52. The molecule has 0 unspecified atom stereocenters. The molecule has 0 radical (unpaired) electrons. The van der Waals surface area contributed by atoms with Crippen LogP contribution in [-0.2, 0) is 20.9 Å². The summed E-state index contributed by atoms with van der Waals surface area (Å²) >= 11 is 0. The summed E-state index contributed by atoms with van der Waals surface area (Å²) in [7, 11) is 0. The summed E-state index contributed by atoms with van der Waals surface area (Å²) in [4.78, 5) is 38.4. The van der Waals surface area contributed by atoms with E-state index in [1.807, 2.05) is 61.1 Å². The van der Waals surface area contributed by atoms with Crippen molar-refractivity contribution >= 4 is 34.1 Å². The molecule has 1 aliphatic heterocycles. The summed E-state index contributed by atoms with van der Waals surface area (Å²) in [5.74, 6) is 0.121. The Morgan fingerprint density at radius 3 is 2.63 bits per heavy atom. The van der Waals surface area contributed by atoms with Crippen LogP contribution in [0.15, 0.2) is 48.8 Å². The number of aromatic nitrogens is 4. The second-order valence-electron chi connectivity index (χ2n) is 10.8. The fourth-order valence-electron chi connectivity index (χ4n) is 5.26. The molecule has 1 fully saturated rings. The van der Waals surface area contributed by atoms with Crippen molar-refractivity contribution in [2.45, 2.75) is 58.8 Å². The minimum Gasteiger partial charge on any atom is -0.453 e. The third-order valence-electron chi connectivity index (χ3n) is 7.52. The number of ether oxygens (including phenoxy) is 2. The van der Waals surface area contributed by atoms with E-state index in [0.29, 0.717) is 23.7 Å². The molecule has 1 amide bonds. The van der Waals surface area contributed by atoms with Gasteiger partial charge in [-0.05, 0) is 43.2 Å². The van der Waals surface area contributed by atoms with Crippen LogP contribution < -0.4 is 10.3 Å². The second-order valence-corrected chi connectivity index (χ2v) is 10.8. The Hall–Kier alpha value is -4.59. The average molecular weight is 558 g/mol. The van der Waals surface area contributed by atoms with E-state index >= 15 is 0 Å². The maximum Gasteiger partial charge on any atom is 0.408 e. The van der Waals surface area contributed by atoms with Crippen LogP contribution >= 0.6 is 0 Å². The Morgan fingerprint density at radius 2 is 1.93 bits per heavy atom. The number of amides is 1. The monoisotopic (exact) mass is 557 g/mol. The first-order valence-corrected chi connectivity index (χ1v) is 14.0. The fraction of sp³-hybridized carbons (Fsp3) is 0.433. The standard InChI is InChI=1S/C30H35N7O4/c1-19(2)25(35-30(39)40-18-22-7-5-4-6-8-22)29(38)41-20(3)28-34-24-17-33-27-23(10-14-32-27)26(24)37(28)36-15-11-21(9-13-31)12-16-36/h4-8,10,14,17,19-21,25H,9,11-12,15-16,18H2,1-3H3,(H,32,33)(H,35,39)/t20-,25-/m1/s1. The quantitative estimate of drug-likeness (QED) is 0.282. The van der Waals surface area contributed by atoms with Crippen molar-refractivity contribution in [2.24, 2.45) is 11.8 Å². The number of hydrogen-bond acceptors (Lipinski definition) is 8. The Morgan fingerprint density at radius 1 is 1.17 bits per heavy atom. The Labute approximate surface area is 238 Å². The third kappa shape index (κ3) is 6.11. The summed E-state index contributed by atoms with van der Waals surface area (Å²) in [6, 6.07) is 12.7. The van der Waals surface area contributed by atoms with Gasteiger partial charge in [-0.2, -0.15) is 5.26 Å². The number of carbonyl (C=O) groups excluding carboxylic acids is 2. The van der Waals surface area contributed by atoms with Crippen LogP contribution in [0.2, 0.25) is 0 Å². The lowest BCUT2D eigenvalue weighted by Gasteiger charge is -2.35. The first-order chi connectivity index (χ1) is 19.9. The summed E-state index contributed by atoms with van der Waals surface area (Å²) < 4.78 is 13.3. The van der Waals surface area contributed by atoms with Gasteiger partial charge in [0.05, 0.1) is 12.3 Å².